The second-order valence-corrected chi connectivity index (χ2v) is 6.44. The Hall–Kier alpha value is -1.92. The van der Waals surface area contributed by atoms with E-state index in [0.717, 1.165) is 0 Å². The first-order valence-corrected chi connectivity index (χ1v) is 7.18. The van der Waals surface area contributed by atoms with Crippen LogP contribution in [0.4, 0.5) is 0 Å². The van der Waals surface area contributed by atoms with E-state index in [0.29, 0.717) is 18.2 Å². The highest BCUT2D eigenvalue weighted by Gasteiger charge is 2.46. The van der Waals surface area contributed by atoms with E-state index in [4.69, 9.17) is 0 Å². The van der Waals surface area contributed by atoms with Crippen LogP contribution >= 0.6 is 0 Å². The summed E-state index contributed by atoms with van der Waals surface area (Å²) in [6, 6.07) is -0.459. The Bertz CT molecular complexity index is 549. The van der Waals surface area contributed by atoms with Crippen LogP contribution < -0.4 is 5.32 Å². The van der Waals surface area contributed by atoms with Crippen LogP contribution in [0.1, 0.15) is 39.9 Å². The summed E-state index contributed by atoms with van der Waals surface area (Å²) in [7, 11) is 1.77. The fourth-order valence-electron chi connectivity index (χ4n) is 2.49. The molecule has 0 aliphatic carbocycles. The van der Waals surface area contributed by atoms with Gasteiger partial charge in [-0.05, 0) is 26.2 Å². The molecule has 0 aromatic carbocycles. The maximum atomic E-state index is 12.7. The van der Waals surface area contributed by atoms with E-state index in [9.17, 15) is 9.59 Å². The summed E-state index contributed by atoms with van der Waals surface area (Å²) in [6.07, 6.45) is 2.08. The Labute approximate surface area is 124 Å². The number of piperazine rings is 1. The van der Waals surface area contributed by atoms with Crippen LogP contribution in [0, 0.1) is 5.92 Å². The lowest BCUT2D eigenvalue weighted by Gasteiger charge is -2.44. The number of nitrogens with zero attached hydrogens (tertiary/aromatic N) is 4. The zero-order valence-corrected chi connectivity index (χ0v) is 13.3. The van der Waals surface area contributed by atoms with Gasteiger partial charge in [0.2, 0.25) is 11.8 Å². The molecular weight excluding hydrogens is 270 g/mol. The van der Waals surface area contributed by atoms with Crippen molar-refractivity contribution in [2.75, 3.05) is 0 Å². The molecule has 1 aliphatic heterocycles. The highest BCUT2D eigenvalue weighted by atomic mass is 16.2. The normalized spacial score (nSPS) is 21.8. The predicted molar refractivity (Wildman–Crippen MR) is 77.0 cm³/mol. The van der Waals surface area contributed by atoms with E-state index in [1.165, 1.54) is 6.33 Å². The topological polar surface area (TPSA) is 80.1 Å². The molecule has 2 heterocycles. The molecule has 0 saturated carbocycles. The summed E-state index contributed by atoms with van der Waals surface area (Å²) in [4.78, 5) is 30.8. The minimum Gasteiger partial charge on any atom is -0.342 e. The van der Waals surface area contributed by atoms with Crippen molar-refractivity contribution in [2.24, 2.45) is 13.0 Å². The van der Waals surface area contributed by atoms with Crippen molar-refractivity contribution in [3.63, 3.8) is 0 Å². The molecule has 2 amide bonds. The van der Waals surface area contributed by atoms with Crippen molar-refractivity contribution < 1.29 is 9.59 Å². The molecule has 1 unspecified atom stereocenters. The molecule has 1 atom stereocenters. The number of amides is 2. The molecule has 1 aliphatic rings. The van der Waals surface area contributed by atoms with Gasteiger partial charge in [0.25, 0.3) is 0 Å². The molecule has 1 N–H and O–H groups in total. The van der Waals surface area contributed by atoms with Crippen molar-refractivity contribution >= 4 is 11.8 Å². The lowest BCUT2D eigenvalue weighted by Crippen LogP contribution is -2.68. The fraction of sp³-hybridized carbons (Fsp3) is 0.714. The van der Waals surface area contributed by atoms with Gasteiger partial charge in [0.05, 0.1) is 6.54 Å². The summed E-state index contributed by atoms with van der Waals surface area (Å²) in [5.41, 5.74) is -0.892. The van der Waals surface area contributed by atoms with Crippen molar-refractivity contribution in [3.05, 3.63) is 12.2 Å². The number of carbonyl (C=O) groups excluding carboxylic acids is 2. The van der Waals surface area contributed by atoms with Crippen molar-refractivity contribution in [2.45, 2.75) is 52.2 Å². The molecule has 21 heavy (non-hydrogen) atoms. The van der Waals surface area contributed by atoms with Gasteiger partial charge in [0.1, 0.15) is 23.7 Å². The molecule has 1 fully saturated rings. The molecule has 1 aromatic heterocycles. The number of aromatic nitrogens is 3. The zero-order valence-electron chi connectivity index (χ0n) is 13.3. The van der Waals surface area contributed by atoms with Crippen LogP contribution in [0.25, 0.3) is 0 Å². The summed E-state index contributed by atoms with van der Waals surface area (Å²) in [6.45, 7) is 7.85. The van der Waals surface area contributed by atoms with Crippen molar-refractivity contribution in [3.8, 4) is 0 Å². The standard InChI is InChI=1S/C14H23N5O2/c1-9(2)6-10-12(20)19(14(3,4)13(21)17-10)7-11-15-8-16-18(11)5/h8-10H,6-7H2,1-5H3,(H,17,21). The first kappa shape index (κ1) is 15.5. The Balaban J connectivity index is 2.27. The van der Waals surface area contributed by atoms with E-state index in [-0.39, 0.29) is 18.4 Å². The lowest BCUT2D eigenvalue weighted by atomic mass is 9.92. The van der Waals surface area contributed by atoms with Crippen LogP contribution in [0.3, 0.4) is 0 Å². The van der Waals surface area contributed by atoms with Gasteiger partial charge in [-0.15, -0.1) is 0 Å². The van der Waals surface area contributed by atoms with Gasteiger partial charge >= 0.3 is 0 Å². The van der Waals surface area contributed by atoms with Gasteiger partial charge in [0.15, 0.2) is 0 Å². The second kappa shape index (κ2) is 5.46. The first-order chi connectivity index (χ1) is 9.73. The number of rotatable bonds is 4. The van der Waals surface area contributed by atoms with Gasteiger partial charge in [-0.3, -0.25) is 14.3 Å². The van der Waals surface area contributed by atoms with Crippen LogP contribution in [-0.2, 0) is 23.2 Å². The number of hydrogen-bond donors (Lipinski definition) is 1. The summed E-state index contributed by atoms with van der Waals surface area (Å²) < 4.78 is 1.62. The lowest BCUT2D eigenvalue weighted by molar-refractivity contribution is -0.156. The summed E-state index contributed by atoms with van der Waals surface area (Å²) >= 11 is 0. The molecule has 0 radical (unpaired) electrons. The summed E-state index contributed by atoms with van der Waals surface area (Å²) in [5.74, 6) is 0.804. The zero-order chi connectivity index (χ0) is 15.8. The minimum absolute atomic E-state index is 0.0590. The molecule has 2 rings (SSSR count). The monoisotopic (exact) mass is 293 g/mol. The van der Waals surface area contributed by atoms with E-state index in [1.54, 1.807) is 30.5 Å². The second-order valence-electron chi connectivity index (χ2n) is 6.44. The number of hydrogen-bond acceptors (Lipinski definition) is 4. The maximum Gasteiger partial charge on any atom is 0.246 e. The van der Waals surface area contributed by atoms with Gasteiger partial charge in [-0.2, -0.15) is 5.10 Å². The average Bonchev–Trinajstić information content (AvgIpc) is 2.77. The van der Waals surface area contributed by atoms with Crippen LogP contribution in [-0.4, -0.2) is 43.1 Å². The molecule has 7 heteroatoms. The molecule has 0 bridgehead atoms. The average molecular weight is 293 g/mol. The van der Waals surface area contributed by atoms with Crippen LogP contribution in [0.15, 0.2) is 6.33 Å². The third-order valence-corrected chi connectivity index (χ3v) is 3.91. The summed E-state index contributed by atoms with van der Waals surface area (Å²) in [5, 5.41) is 6.85. The smallest absolute Gasteiger partial charge is 0.246 e. The number of carbonyl (C=O) groups is 2. The van der Waals surface area contributed by atoms with E-state index < -0.39 is 11.6 Å². The number of nitrogens with one attached hydrogen (secondary N) is 1. The quantitative estimate of drug-likeness (QED) is 0.875. The van der Waals surface area contributed by atoms with Crippen molar-refractivity contribution in [1.82, 2.24) is 25.0 Å². The minimum atomic E-state index is -0.892. The fourth-order valence-corrected chi connectivity index (χ4v) is 2.49. The maximum absolute atomic E-state index is 12.7. The Morgan fingerprint density at radius 2 is 2.05 bits per heavy atom. The van der Waals surface area contributed by atoms with E-state index in [2.05, 4.69) is 15.4 Å². The molecule has 1 aromatic rings. The Morgan fingerprint density at radius 1 is 1.38 bits per heavy atom. The molecule has 1 saturated heterocycles. The van der Waals surface area contributed by atoms with Gasteiger partial charge in [-0.1, -0.05) is 13.8 Å². The third-order valence-electron chi connectivity index (χ3n) is 3.91. The highest BCUT2D eigenvalue weighted by Crippen LogP contribution is 2.25. The van der Waals surface area contributed by atoms with Gasteiger partial charge in [-0.25, -0.2) is 4.98 Å². The van der Waals surface area contributed by atoms with Crippen LogP contribution in [0.5, 0.6) is 0 Å². The Kier molecular flexibility index (Phi) is 4.02. The molecule has 116 valence electrons. The first-order valence-electron chi connectivity index (χ1n) is 7.18. The molecule has 7 nitrogen and oxygen atoms in total. The molecular formula is C14H23N5O2. The third kappa shape index (κ3) is 2.91. The largest absolute Gasteiger partial charge is 0.342 e. The van der Waals surface area contributed by atoms with E-state index >= 15 is 0 Å². The van der Waals surface area contributed by atoms with Crippen molar-refractivity contribution in [1.29, 1.82) is 0 Å². The number of aryl methyl sites for hydroxylation is 1. The van der Waals surface area contributed by atoms with E-state index in [1.807, 2.05) is 13.8 Å². The SMILES string of the molecule is CC(C)CC1NC(=O)C(C)(C)N(Cc2ncnn2C)C1=O. The van der Waals surface area contributed by atoms with Crippen LogP contribution in [0.2, 0.25) is 0 Å². The van der Waals surface area contributed by atoms with Gasteiger partial charge < -0.3 is 10.2 Å². The molecule has 0 spiro atoms. The highest BCUT2D eigenvalue weighted by molar-refractivity contribution is 5.99. The predicted octanol–water partition coefficient (Wildman–Crippen LogP) is 0.467. The van der Waals surface area contributed by atoms with Gasteiger partial charge in [0, 0.05) is 7.05 Å². The Morgan fingerprint density at radius 3 is 2.57 bits per heavy atom.